The number of thioether (sulfide) groups is 1. The largest absolute Gasteiger partial charge is 0.494 e. The maximum absolute atomic E-state index is 11.8. The molecule has 0 spiro atoms. The summed E-state index contributed by atoms with van der Waals surface area (Å²) in [4.78, 5) is 16.5. The summed E-state index contributed by atoms with van der Waals surface area (Å²) in [7, 11) is 0. The van der Waals surface area contributed by atoms with Crippen molar-refractivity contribution in [2.45, 2.75) is 6.92 Å². The van der Waals surface area contributed by atoms with Crippen molar-refractivity contribution < 1.29 is 13.9 Å². The molecule has 3 aromatic rings. The molecule has 0 bridgehead atoms. The van der Waals surface area contributed by atoms with E-state index in [2.05, 4.69) is 22.1 Å². The van der Waals surface area contributed by atoms with Crippen LogP contribution in [0, 0.1) is 11.8 Å². The van der Waals surface area contributed by atoms with Crippen LogP contribution in [-0.4, -0.2) is 21.8 Å². The number of carbonyl (C=O) groups excluding carboxylic acids is 1. The number of fused-ring (bicyclic) bond motifs is 1. The van der Waals surface area contributed by atoms with Gasteiger partial charge in [0.15, 0.2) is 5.58 Å². The average molecular weight is 406 g/mol. The van der Waals surface area contributed by atoms with Gasteiger partial charge >= 0.3 is 0 Å². The Morgan fingerprint density at radius 3 is 2.82 bits per heavy atom. The molecule has 1 aromatic carbocycles. The van der Waals surface area contributed by atoms with Gasteiger partial charge < -0.3 is 14.5 Å². The highest BCUT2D eigenvalue weighted by molar-refractivity contribution is 8.26. The van der Waals surface area contributed by atoms with Gasteiger partial charge in [0.25, 0.3) is 5.91 Å². The number of hydrogen-bond acceptors (Lipinski definition) is 6. The van der Waals surface area contributed by atoms with Crippen LogP contribution in [-0.2, 0) is 4.79 Å². The van der Waals surface area contributed by atoms with Crippen LogP contribution in [0.1, 0.15) is 23.8 Å². The molecule has 138 valence electrons. The van der Waals surface area contributed by atoms with Crippen LogP contribution in [0.3, 0.4) is 0 Å². The first-order valence-corrected chi connectivity index (χ1v) is 9.72. The van der Waals surface area contributed by atoms with Crippen LogP contribution >= 0.6 is 24.0 Å². The lowest BCUT2D eigenvalue weighted by Crippen LogP contribution is -2.17. The van der Waals surface area contributed by atoms with Crippen molar-refractivity contribution in [3.05, 3.63) is 64.5 Å². The number of carbonyl (C=O) groups is 1. The van der Waals surface area contributed by atoms with E-state index in [4.69, 9.17) is 21.4 Å². The van der Waals surface area contributed by atoms with Crippen LogP contribution in [0.15, 0.2) is 52.0 Å². The second-order valence-corrected chi connectivity index (χ2v) is 7.53. The van der Waals surface area contributed by atoms with Gasteiger partial charge in [0.2, 0.25) is 0 Å². The van der Waals surface area contributed by atoms with Crippen LogP contribution in [0.25, 0.3) is 17.0 Å². The smallest absolute Gasteiger partial charge is 0.263 e. The molecule has 0 aliphatic carbocycles. The molecule has 4 rings (SSSR count). The summed E-state index contributed by atoms with van der Waals surface area (Å²) in [6.07, 6.45) is 5.04. The van der Waals surface area contributed by atoms with Gasteiger partial charge in [-0.25, -0.2) is 0 Å². The SMILES string of the molecule is CCOc1ccc(C#Cc2cncc3cc(/C=C4\SC(=S)NC4=O)oc23)cc1. The van der Waals surface area contributed by atoms with E-state index in [1.165, 1.54) is 11.8 Å². The number of aromatic nitrogens is 1. The van der Waals surface area contributed by atoms with E-state index in [0.29, 0.717) is 32.7 Å². The molecule has 1 N–H and O–H groups in total. The maximum Gasteiger partial charge on any atom is 0.263 e. The molecule has 0 radical (unpaired) electrons. The zero-order chi connectivity index (χ0) is 19.5. The van der Waals surface area contributed by atoms with Gasteiger partial charge in [-0.3, -0.25) is 9.78 Å². The fourth-order valence-corrected chi connectivity index (χ4v) is 3.66. The summed E-state index contributed by atoms with van der Waals surface area (Å²) in [5, 5.41) is 3.40. The zero-order valence-electron chi connectivity index (χ0n) is 14.8. The number of rotatable bonds is 3. The Bertz CT molecular complexity index is 1170. The van der Waals surface area contributed by atoms with Crippen molar-refractivity contribution in [1.29, 1.82) is 0 Å². The molecular weight excluding hydrogens is 392 g/mol. The Kier molecular flexibility index (Phi) is 5.15. The number of furan rings is 1. The monoisotopic (exact) mass is 406 g/mol. The lowest BCUT2D eigenvalue weighted by atomic mass is 10.2. The summed E-state index contributed by atoms with van der Waals surface area (Å²) < 4.78 is 11.8. The molecule has 1 aliphatic rings. The van der Waals surface area contributed by atoms with E-state index in [1.54, 1.807) is 18.5 Å². The van der Waals surface area contributed by atoms with E-state index in [-0.39, 0.29) is 5.91 Å². The number of benzene rings is 1. The Morgan fingerprint density at radius 2 is 2.11 bits per heavy atom. The molecule has 0 unspecified atom stereocenters. The number of ether oxygens (including phenoxy) is 1. The molecule has 28 heavy (non-hydrogen) atoms. The highest BCUT2D eigenvalue weighted by Gasteiger charge is 2.22. The minimum Gasteiger partial charge on any atom is -0.494 e. The summed E-state index contributed by atoms with van der Waals surface area (Å²) in [6, 6.07) is 9.41. The topological polar surface area (TPSA) is 64.4 Å². The Balaban J connectivity index is 1.64. The second kappa shape index (κ2) is 7.89. The highest BCUT2D eigenvalue weighted by Crippen LogP contribution is 2.29. The first-order chi connectivity index (χ1) is 13.6. The first kappa shape index (κ1) is 18.3. The lowest BCUT2D eigenvalue weighted by molar-refractivity contribution is -0.115. The molecule has 3 heterocycles. The molecule has 1 amide bonds. The number of pyridine rings is 1. The molecule has 5 nitrogen and oxygen atoms in total. The summed E-state index contributed by atoms with van der Waals surface area (Å²) >= 11 is 6.21. The van der Waals surface area contributed by atoms with E-state index >= 15 is 0 Å². The van der Waals surface area contributed by atoms with Crippen molar-refractivity contribution in [3.8, 4) is 17.6 Å². The quantitative estimate of drug-likeness (QED) is 0.401. The third-order valence-corrected chi connectivity index (χ3v) is 5.03. The third-order valence-electron chi connectivity index (χ3n) is 3.86. The van der Waals surface area contributed by atoms with Crippen molar-refractivity contribution >= 4 is 51.3 Å². The van der Waals surface area contributed by atoms with E-state index in [1.807, 2.05) is 37.3 Å². The summed E-state index contributed by atoms with van der Waals surface area (Å²) in [5.74, 6) is 7.36. The van der Waals surface area contributed by atoms with Crippen LogP contribution < -0.4 is 10.1 Å². The minimum absolute atomic E-state index is 0.218. The molecule has 1 aliphatic heterocycles. The Hall–Kier alpha value is -3.08. The van der Waals surface area contributed by atoms with Crippen molar-refractivity contribution in [1.82, 2.24) is 10.3 Å². The standard InChI is InChI=1S/C21H14N2O3S2/c1-2-25-16-7-4-13(5-8-16)3-6-14-11-22-12-15-9-17(26-19(14)15)10-18-20(24)23-21(27)28-18/h4-5,7-12H,2H2,1H3,(H,23,24,27)/b18-10-. The predicted octanol–water partition coefficient (Wildman–Crippen LogP) is 4.12. The van der Waals surface area contributed by atoms with Crippen LogP contribution in [0.4, 0.5) is 0 Å². The van der Waals surface area contributed by atoms with Crippen molar-refractivity contribution in [2.75, 3.05) is 6.61 Å². The van der Waals surface area contributed by atoms with E-state index in [9.17, 15) is 4.79 Å². The van der Waals surface area contributed by atoms with E-state index in [0.717, 1.165) is 16.7 Å². The second-order valence-electron chi connectivity index (χ2n) is 5.81. The van der Waals surface area contributed by atoms with Crippen molar-refractivity contribution in [2.24, 2.45) is 0 Å². The van der Waals surface area contributed by atoms with Gasteiger partial charge in [0, 0.05) is 29.4 Å². The lowest BCUT2D eigenvalue weighted by Gasteiger charge is -2.01. The number of hydrogen-bond donors (Lipinski definition) is 1. The summed E-state index contributed by atoms with van der Waals surface area (Å²) in [6.45, 7) is 2.57. The Labute approximate surface area is 171 Å². The highest BCUT2D eigenvalue weighted by atomic mass is 32.2. The van der Waals surface area contributed by atoms with Gasteiger partial charge in [-0.2, -0.15) is 0 Å². The van der Waals surface area contributed by atoms with Crippen LogP contribution in [0.2, 0.25) is 0 Å². The fraction of sp³-hybridized carbons (Fsp3) is 0.0952. The Morgan fingerprint density at radius 1 is 1.29 bits per heavy atom. The number of nitrogens with one attached hydrogen (secondary N) is 1. The molecule has 0 atom stereocenters. The van der Waals surface area contributed by atoms with E-state index < -0.39 is 0 Å². The molecule has 7 heteroatoms. The zero-order valence-corrected chi connectivity index (χ0v) is 16.4. The fourth-order valence-electron chi connectivity index (χ4n) is 2.63. The molecule has 2 aromatic heterocycles. The van der Waals surface area contributed by atoms with Gasteiger partial charge in [0.1, 0.15) is 15.8 Å². The van der Waals surface area contributed by atoms with Gasteiger partial charge in [-0.05, 0) is 37.3 Å². The van der Waals surface area contributed by atoms with Gasteiger partial charge in [0.05, 0.1) is 17.1 Å². The number of thiocarbonyl (C=S) groups is 1. The normalized spacial score (nSPS) is 14.8. The van der Waals surface area contributed by atoms with Gasteiger partial charge in [-0.15, -0.1) is 0 Å². The predicted molar refractivity (Wildman–Crippen MR) is 114 cm³/mol. The summed E-state index contributed by atoms with van der Waals surface area (Å²) in [5.41, 5.74) is 2.17. The van der Waals surface area contributed by atoms with Crippen LogP contribution in [0.5, 0.6) is 5.75 Å². The minimum atomic E-state index is -0.218. The average Bonchev–Trinajstić information content (AvgIpc) is 3.24. The third kappa shape index (κ3) is 3.93. The maximum atomic E-state index is 11.8. The first-order valence-electron chi connectivity index (χ1n) is 8.49. The molecule has 1 fully saturated rings. The molecular formula is C21H14N2O3S2. The van der Waals surface area contributed by atoms with Gasteiger partial charge in [-0.1, -0.05) is 35.8 Å². The molecule has 0 saturated carbocycles. The van der Waals surface area contributed by atoms with Crippen molar-refractivity contribution in [3.63, 3.8) is 0 Å². The number of amides is 1. The molecule has 1 saturated heterocycles. The number of nitrogens with zero attached hydrogens (tertiary/aromatic N) is 1.